The van der Waals surface area contributed by atoms with Crippen molar-refractivity contribution in [2.45, 2.75) is 39.2 Å². The topological polar surface area (TPSA) is 70.7 Å². The molecule has 1 saturated carbocycles. The van der Waals surface area contributed by atoms with Crippen molar-refractivity contribution in [2.24, 2.45) is 11.8 Å². The van der Waals surface area contributed by atoms with E-state index in [1.54, 1.807) is 0 Å². The van der Waals surface area contributed by atoms with Gasteiger partial charge in [-0.05, 0) is 31.1 Å². The van der Waals surface area contributed by atoms with Crippen LogP contribution < -0.4 is 5.32 Å². The lowest BCUT2D eigenvalue weighted by Crippen LogP contribution is -2.40. The van der Waals surface area contributed by atoms with E-state index in [0.29, 0.717) is 11.7 Å². The highest BCUT2D eigenvalue weighted by Crippen LogP contribution is 2.29. The highest BCUT2D eigenvalue weighted by Gasteiger charge is 2.26. The summed E-state index contributed by atoms with van der Waals surface area (Å²) in [5.41, 5.74) is 0. The van der Waals surface area contributed by atoms with Crippen molar-refractivity contribution in [1.82, 2.24) is 20.5 Å². The number of H-pyrrole nitrogens is 1. The fourth-order valence-corrected chi connectivity index (χ4v) is 2.25. The minimum Gasteiger partial charge on any atom is -0.347 e. The highest BCUT2D eigenvalue weighted by atomic mass is 16.2. The van der Waals surface area contributed by atoms with Crippen molar-refractivity contribution in [3.05, 3.63) is 12.2 Å². The molecule has 16 heavy (non-hydrogen) atoms. The average Bonchev–Trinajstić information content (AvgIpc) is 2.77. The van der Waals surface area contributed by atoms with Crippen molar-refractivity contribution >= 4 is 5.91 Å². The number of rotatable bonds is 2. The van der Waals surface area contributed by atoms with Gasteiger partial charge in [0.2, 0.25) is 5.82 Å². The molecule has 3 atom stereocenters. The van der Waals surface area contributed by atoms with Crippen LogP contribution in [0.15, 0.2) is 6.33 Å². The van der Waals surface area contributed by atoms with Gasteiger partial charge in [0.15, 0.2) is 0 Å². The third-order valence-electron chi connectivity index (χ3n) is 3.56. The maximum absolute atomic E-state index is 11.7. The van der Waals surface area contributed by atoms with Gasteiger partial charge in [-0.3, -0.25) is 9.89 Å². The summed E-state index contributed by atoms with van der Waals surface area (Å²) in [6, 6.07) is 0.281. The second kappa shape index (κ2) is 4.63. The van der Waals surface area contributed by atoms with Crippen LogP contribution in [0, 0.1) is 11.8 Å². The number of hydrogen-bond donors (Lipinski definition) is 2. The van der Waals surface area contributed by atoms with E-state index in [2.05, 4.69) is 34.3 Å². The molecule has 0 bridgehead atoms. The monoisotopic (exact) mass is 222 g/mol. The smallest absolute Gasteiger partial charge is 0.288 e. The lowest BCUT2D eigenvalue weighted by molar-refractivity contribution is 0.0900. The molecule has 5 nitrogen and oxygen atoms in total. The zero-order valence-corrected chi connectivity index (χ0v) is 9.73. The Balaban J connectivity index is 1.89. The fraction of sp³-hybridized carbons (Fsp3) is 0.727. The van der Waals surface area contributed by atoms with Gasteiger partial charge in [0.05, 0.1) is 0 Å². The second-order valence-corrected chi connectivity index (χ2v) is 4.77. The molecule has 1 aromatic heterocycles. The van der Waals surface area contributed by atoms with Crippen molar-refractivity contribution in [3.8, 4) is 0 Å². The summed E-state index contributed by atoms with van der Waals surface area (Å²) >= 11 is 0. The average molecular weight is 222 g/mol. The van der Waals surface area contributed by atoms with E-state index in [9.17, 15) is 4.79 Å². The summed E-state index contributed by atoms with van der Waals surface area (Å²) in [6.07, 6.45) is 4.65. The molecule has 1 aromatic rings. The Labute approximate surface area is 95.0 Å². The maximum Gasteiger partial charge on any atom is 0.288 e. The van der Waals surface area contributed by atoms with E-state index in [-0.39, 0.29) is 11.9 Å². The quantitative estimate of drug-likeness (QED) is 0.793. The van der Waals surface area contributed by atoms with Crippen LogP contribution in [-0.2, 0) is 0 Å². The van der Waals surface area contributed by atoms with Gasteiger partial charge in [-0.1, -0.05) is 13.8 Å². The molecule has 0 spiro atoms. The lowest BCUT2D eigenvalue weighted by atomic mass is 9.79. The van der Waals surface area contributed by atoms with E-state index in [1.165, 1.54) is 12.7 Å². The third kappa shape index (κ3) is 2.40. The molecule has 1 aliphatic carbocycles. The van der Waals surface area contributed by atoms with E-state index in [0.717, 1.165) is 18.8 Å². The largest absolute Gasteiger partial charge is 0.347 e. The van der Waals surface area contributed by atoms with Crippen LogP contribution in [0.1, 0.15) is 43.7 Å². The molecule has 1 aliphatic rings. The minimum absolute atomic E-state index is 0.149. The van der Waals surface area contributed by atoms with Crippen molar-refractivity contribution in [1.29, 1.82) is 0 Å². The number of aromatic nitrogens is 3. The zero-order valence-electron chi connectivity index (χ0n) is 9.73. The van der Waals surface area contributed by atoms with Crippen LogP contribution >= 0.6 is 0 Å². The predicted molar refractivity (Wildman–Crippen MR) is 59.8 cm³/mol. The molecular weight excluding hydrogens is 204 g/mol. The molecule has 3 unspecified atom stereocenters. The number of amides is 1. The van der Waals surface area contributed by atoms with Gasteiger partial charge >= 0.3 is 0 Å². The molecule has 0 saturated heterocycles. The molecule has 0 aromatic carbocycles. The van der Waals surface area contributed by atoms with Gasteiger partial charge < -0.3 is 5.32 Å². The summed E-state index contributed by atoms with van der Waals surface area (Å²) in [7, 11) is 0. The van der Waals surface area contributed by atoms with Gasteiger partial charge in [0.1, 0.15) is 6.33 Å². The molecule has 0 radical (unpaired) electrons. The molecule has 1 heterocycles. The predicted octanol–water partition coefficient (Wildman–Crippen LogP) is 1.36. The Morgan fingerprint density at radius 3 is 2.88 bits per heavy atom. The van der Waals surface area contributed by atoms with Crippen LogP contribution in [0.3, 0.4) is 0 Å². The first-order chi connectivity index (χ1) is 7.66. The molecule has 1 amide bonds. The Morgan fingerprint density at radius 2 is 2.25 bits per heavy atom. The lowest BCUT2D eigenvalue weighted by Gasteiger charge is -2.32. The second-order valence-electron chi connectivity index (χ2n) is 4.77. The minimum atomic E-state index is -0.149. The molecule has 1 fully saturated rings. The first-order valence-corrected chi connectivity index (χ1v) is 5.83. The Hall–Kier alpha value is -1.39. The third-order valence-corrected chi connectivity index (χ3v) is 3.56. The van der Waals surface area contributed by atoms with Crippen LogP contribution in [0.25, 0.3) is 0 Å². The number of carbonyl (C=O) groups excluding carboxylic acids is 1. The Kier molecular flexibility index (Phi) is 3.22. The van der Waals surface area contributed by atoms with Crippen molar-refractivity contribution in [3.63, 3.8) is 0 Å². The van der Waals surface area contributed by atoms with Gasteiger partial charge in [0, 0.05) is 6.04 Å². The van der Waals surface area contributed by atoms with Gasteiger partial charge in [-0.2, -0.15) is 5.10 Å². The molecule has 2 N–H and O–H groups in total. The van der Waals surface area contributed by atoms with Crippen LogP contribution in [0.5, 0.6) is 0 Å². The van der Waals surface area contributed by atoms with Gasteiger partial charge in [0.25, 0.3) is 5.91 Å². The first kappa shape index (κ1) is 11.1. The van der Waals surface area contributed by atoms with Crippen LogP contribution in [0.2, 0.25) is 0 Å². The Bertz CT molecular complexity index is 349. The van der Waals surface area contributed by atoms with E-state index in [4.69, 9.17) is 0 Å². The summed E-state index contributed by atoms with van der Waals surface area (Å²) in [4.78, 5) is 15.6. The summed E-state index contributed by atoms with van der Waals surface area (Å²) in [6.45, 7) is 4.52. The Morgan fingerprint density at radius 1 is 1.44 bits per heavy atom. The molecular formula is C11H18N4O. The standard InChI is InChI=1S/C11H18N4O/c1-7-3-4-9(5-8(7)2)14-11(16)10-12-6-13-15-10/h6-9H,3-5H2,1-2H3,(H,14,16)(H,12,13,15). The molecule has 2 rings (SSSR count). The zero-order chi connectivity index (χ0) is 11.5. The van der Waals surface area contributed by atoms with Gasteiger partial charge in [-0.25, -0.2) is 4.98 Å². The maximum atomic E-state index is 11.7. The molecule has 5 heteroatoms. The van der Waals surface area contributed by atoms with Crippen molar-refractivity contribution < 1.29 is 4.79 Å². The number of aromatic amines is 1. The molecule has 88 valence electrons. The summed E-state index contributed by atoms with van der Waals surface area (Å²) < 4.78 is 0. The number of carbonyl (C=O) groups is 1. The van der Waals surface area contributed by atoms with Crippen LogP contribution in [-0.4, -0.2) is 27.1 Å². The number of nitrogens with zero attached hydrogens (tertiary/aromatic N) is 2. The van der Waals surface area contributed by atoms with Gasteiger partial charge in [-0.15, -0.1) is 0 Å². The number of nitrogens with one attached hydrogen (secondary N) is 2. The van der Waals surface area contributed by atoms with Crippen molar-refractivity contribution in [2.75, 3.05) is 0 Å². The summed E-state index contributed by atoms with van der Waals surface area (Å²) in [5, 5.41) is 9.24. The van der Waals surface area contributed by atoms with E-state index < -0.39 is 0 Å². The van der Waals surface area contributed by atoms with Crippen LogP contribution in [0.4, 0.5) is 0 Å². The number of hydrogen-bond acceptors (Lipinski definition) is 3. The SMILES string of the molecule is CC1CCC(NC(=O)c2ncn[nH]2)CC1C. The van der Waals surface area contributed by atoms with E-state index in [1.807, 2.05) is 0 Å². The summed E-state index contributed by atoms with van der Waals surface area (Å²) in [5.74, 6) is 1.59. The highest BCUT2D eigenvalue weighted by molar-refractivity contribution is 5.90. The molecule has 0 aliphatic heterocycles. The first-order valence-electron chi connectivity index (χ1n) is 5.83. The normalized spacial score (nSPS) is 30.0. The fourth-order valence-electron chi connectivity index (χ4n) is 2.25. The van der Waals surface area contributed by atoms with E-state index >= 15 is 0 Å².